The topological polar surface area (TPSA) is 115 Å². The molecule has 2 aromatic rings. The molecule has 0 aromatic heterocycles. The van der Waals surface area contributed by atoms with Crippen LogP contribution in [0, 0.1) is 0 Å². The lowest BCUT2D eigenvalue weighted by molar-refractivity contribution is -0.116. The van der Waals surface area contributed by atoms with Crippen LogP contribution in [-0.4, -0.2) is 60.5 Å². The maximum atomic E-state index is 12.9. The highest BCUT2D eigenvalue weighted by Gasteiger charge is 2.22. The number of sulfonamides is 1. The number of ether oxygens (including phenoxy) is 3. The minimum Gasteiger partial charge on any atom is -0.496 e. The zero-order valence-electron chi connectivity index (χ0n) is 22.7. The highest BCUT2D eigenvalue weighted by atomic mass is 32.2. The van der Waals surface area contributed by atoms with E-state index in [9.17, 15) is 13.2 Å². The first kappa shape index (κ1) is 31.1. The van der Waals surface area contributed by atoms with Gasteiger partial charge in [-0.3, -0.25) is 9.52 Å². The minimum atomic E-state index is -3.99. The number of hydrogen-bond acceptors (Lipinski definition) is 7. The summed E-state index contributed by atoms with van der Waals surface area (Å²) in [7, 11) is 0.645. The van der Waals surface area contributed by atoms with Crippen LogP contribution in [-0.2, 0) is 31.4 Å². The highest BCUT2D eigenvalue weighted by Crippen LogP contribution is 2.29. The van der Waals surface area contributed by atoms with Crippen molar-refractivity contribution in [3.63, 3.8) is 0 Å². The Morgan fingerprint density at radius 3 is 2.39 bits per heavy atom. The van der Waals surface area contributed by atoms with Gasteiger partial charge in [-0.1, -0.05) is 32.9 Å². The molecule has 1 amide bonds. The Morgan fingerprint density at radius 1 is 1.05 bits per heavy atom. The summed E-state index contributed by atoms with van der Waals surface area (Å²) in [6, 6.07) is 10.8. The van der Waals surface area contributed by atoms with Crippen LogP contribution in [0.4, 0.5) is 0 Å². The molecule has 0 saturated carbocycles. The van der Waals surface area contributed by atoms with Gasteiger partial charge in [0.05, 0.1) is 13.7 Å². The number of thiocarbonyl (C=S) groups is 1. The number of rotatable bonds is 12. The molecule has 0 bridgehead atoms. The summed E-state index contributed by atoms with van der Waals surface area (Å²) in [4.78, 5) is 12.4. The molecular weight excluding hydrogens is 526 g/mol. The van der Waals surface area contributed by atoms with Gasteiger partial charge >= 0.3 is 0 Å². The first-order valence-electron chi connectivity index (χ1n) is 12.0. The van der Waals surface area contributed by atoms with Crippen LogP contribution in [0.1, 0.15) is 37.5 Å². The maximum absolute atomic E-state index is 12.9. The molecule has 2 rings (SSSR count). The smallest absolute Gasteiger partial charge is 0.267 e. The number of carbonyl (C=O) groups excluding carboxylic acids is 1. The normalized spacial score (nSPS) is 11.7. The van der Waals surface area contributed by atoms with Gasteiger partial charge < -0.3 is 24.8 Å². The summed E-state index contributed by atoms with van der Waals surface area (Å²) in [5.41, 5.74) is 2.59. The van der Waals surface area contributed by atoms with E-state index < -0.39 is 10.0 Å². The molecule has 0 aliphatic carbocycles. The highest BCUT2D eigenvalue weighted by molar-refractivity contribution is 7.92. The van der Waals surface area contributed by atoms with Crippen LogP contribution < -0.4 is 24.8 Å². The van der Waals surface area contributed by atoms with E-state index in [1.54, 1.807) is 25.3 Å². The van der Waals surface area contributed by atoms with Crippen LogP contribution in [0.3, 0.4) is 0 Å². The molecule has 0 aliphatic heterocycles. The Bertz CT molecular complexity index is 1250. The van der Waals surface area contributed by atoms with Crippen LogP contribution in [0.25, 0.3) is 6.08 Å². The van der Waals surface area contributed by atoms with Gasteiger partial charge in [0.25, 0.3) is 10.0 Å². The largest absolute Gasteiger partial charge is 0.496 e. The molecule has 0 unspecified atom stereocenters. The third kappa shape index (κ3) is 9.30. The molecule has 3 N–H and O–H groups in total. The molecule has 0 aliphatic rings. The predicted octanol–water partition coefficient (Wildman–Crippen LogP) is 3.17. The summed E-state index contributed by atoms with van der Waals surface area (Å²) in [6.45, 7) is 7.14. The second-order valence-corrected chi connectivity index (χ2v) is 11.4. The van der Waals surface area contributed by atoms with Crippen molar-refractivity contribution < 1.29 is 27.4 Å². The van der Waals surface area contributed by atoms with E-state index in [1.807, 2.05) is 18.2 Å². The minimum absolute atomic E-state index is 0.0398. The Hall–Kier alpha value is -3.15. The predicted molar refractivity (Wildman–Crippen MR) is 153 cm³/mol. The second kappa shape index (κ2) is 14.1. The van der Waals surface area contributed by atoms with E-state index in [-0.39, 0.29) is 33.7 Å². The molecule has 11 heteroatoms. The van der Waals surface area contributed by atoms with Gasteiger partial charge in [0.1, 0.15) is 23.0 Å². The van der Waals surface area contributed by atoms with Crippen LogP contribution in [0.5, 0.6) is 11.5 Å². The van der Waals surface area contributed by atoms with Gasteiger partial charge in [0.2, 0.25) is 5.91 Å². The molecule has 0 radical (unpaired) electrons. The van der Waals surface area contributed by atoms with Gasteiger partial charge in [-0.05, 0) is 65.5 Å². The zero-order valence-corrected chi connectivity index (χ0v) is 24.3. The van der Waals surface area contributed by atoms with Crippen molar-refractivity contribution in [1.29, 1.82) is 0 Å². The fourth-order valence-corrected chi connectivity index (χ4v) is 4.87. The summed E-state index contributed by atoms with van der Waals surface area (Å²) in [5, 5.41) is 5.37. The molecule has 2 aromatic carbocycles. The van der Waals surface area contributed by atoms with Crippen molar-refractivity contribution in [3.05, 3.63) is 59.2 Å². The van der Waals surface area contributed by atoms with E-state index in [4.69, 9.17) is 26.4 Å². The number of carbonyl (C=O) groups is 1. The van der Waals surface area contributed by atoms with Crippen molar-refractivity contribution in [1.82, 2.24) is 15.4 Å². The van der Waals surface area contributed by atoms with Gasteiger partial charge in [-0.15, -0.1) is 0 Å². The van der Waals surface area contributed by atoms with Gasteiger partial charge in [-0.25, -0.2) is 8.42 Å². The Kier molecular flexibility index (Phi) is 11.6. The average Bonchev–Trinajstić information content (AvgIpc) is 2.87. The first-order valence-corrected chi connectivity index (χ1v) is 13.9. The SMILES string of the molecule is CNC(=S)NS(=O)(=O)c1cc(CCNC(=O)C=Cc2cc(C(C)(C)C)ccc2OC)ccc1OCCOC. The molecule has 208 valence electrons. The Labute approximate surface area is 231 Å². The van der Waals surface area contributed by atoms with Crippen molar-refractivity contribution in [2.24, 2.45) is 0 Å². The lowest BCUT2D eigenvalue weighted by Gasteiger charge is -2.20. The number of hydrogen-bond donors (Lipinski definition) is 3. The standard InChI is InChI=1S/C27H37N3O6S2/c1-27(2,3)21-9-11-22(35-6)20(18-21)8-12-25(31)29-14-13-19-7-10-23(36-16-15-34-5)24(17-19)38(32,33)30-26(37)28-4/h7-12,17-18H,13-16H2,1-6H3,(H,29,31)(H2,28,30,37). The van der Waals surface area contributed by atoms with E-state index in [1.165, 1.54) is 26.3 Å². The molecule has 0 heterocycles. The van der Waals surface area contributed by atoms with Crippen molar-refractivity contribution >= 4 is 39.3 Å². The number of nitrogens with one attached hydrogen (secondary N) is 3. The Balaban J connectivity index is 2.12. The van der Waals surface area contributed by atoms with E-state index >= 15 is 0 Å². The summed E-state index contributed by atoms with van der Waals surface area (Å²) in [6.07, 6.45) is 3.58. The van der Waals surface area contributed by atoms with Crippen LogP contribution >= 0.6 is 12.2 Å². The average molecular weight is 564 g/mol. The maximum Gasteiger partial charge on any atom is 0.267 e. The van der Waals surface area contributed by atoms with Gasteiger partial charge in [0, 0.05) is 32.3 Å². The van der Waals surface area contributed by atoms with Crippen molar-refractivity contribution in [2.45, 2.75) is 37.5 Å². The molecular formula is C27H37N3O6S2. The fourth-order valence-electron chi connectivity index (χ4n) is 3.39. The monoisotopic (exact) mass is 563 g/mol. The summed E-state index contributed by atoms with van der Waals surface area (Å²) in [5.74, 6) is 0.576. The molecule has 0 fully saturated rings. The van der Waals surface area contributed by atoms with E-state index in [0.717, 1.165) is 11.1 Å². The molecule has 0 atom stereocenters. The fraction of sp³-hybridized carbons (Fsp3) is 0.407. The van der Waals surface area contributed by atoms with Crippen LogP contribution in [0.15, 0.2) is 47.4 Å². The molecule has 9 nitrogen and oxygen atoms in total. The van der Waals surface area contributed by atoms with Crippen molar-refractivity contribution in [3.8, 4) is 11.5 Å². The third-order valence-corrected chi connectivity index (χ3v) is 7.33. The lowest BCUT2D eigenvalue weighted by Crippen LogP contribution is -2.37. The van der Waals surface area contributed by atoms with Crippen LogP contribution in [0.2, 0.25) is 0 Å². The summed E-state index contributed by atoms with van der Waals surface area (Å²) < 4.78 is 44.1. The lowest BCUT2D eigenvalue weighted by atomic mass is 9.86. The van der Waals surface area contributed by atoms with Crippen molar-refractivity contribution in [2.75, 3.05) is 41.0 Å². The van der Waals surface area contributed by atoms with Gasteiger partial charge in [-0.2, -0.15) is 0 Å². The Morgan fingerprint density at radius 2 is 1.76 bits per heavy atom. The van der Waals surface area contributed by atoms with E-state index in [0.29, 0.717) is 30.9 Å². The number of amides is 1. The zero-order chi connectivity index (χ0) is 28.3. The summed E-state index contributed by atoms with van der Waals surface area (Å²) >= 11 is 4.96. The first-order chi connectivity index (χ1) is 17.9. The third-order valence-electron chi connectivity index (χ3n) is 5.52. The van der Waals surface area contributed by atoms with Gasteiger partial charge in [0.15, 0.2) is 5.11 Å². The second-order valence-electron chi connectivity index (χ2n) is 9.39. The molecule has 0 spiro atoms. The molecule has 38 heavy (non-hydrogen) atoms. The quantitative estimate of drug-likeness (QED) is 0.205. The number of methoxy groups -OCH3 is 2. The molecule has 0 saturated heterocycles. The van der Waals surface area contributed by atoms with E-state index in [2.05, 4.69) is 36.1 Å². The number of benzene rings is 2.